The first kappa shape index (κ1) is 18.6. The molecule has 0 spiro atoms. The SMILES string of the molecule is COC(=O)c1cn2c(C)cnc2c(C)c1Nc1cc[c-]cc1C.[Y]. The maximum Gasteiger partial charge on any atom is 0.341 e. The number of benzene rings is 1. The number of hydrogen-bond acceptors (Lipinski definition) is 4. The smallest absolute Gasteiger partial charge is 0.341 e. The molecular weight excluding hydrogens is 379 g/mol. The molecule has 0 saturated heterocycles. The van der Waals surface area contributed by atoms with Crippen molar-refractivity contribution in [1.29, 1.82) is 0 Å². The zero-order valence-electron chi connectivity index (χ0n) is 14.2. The van der Waals surface area contributed by atoms with Gasteiger partial charge >= 0.3 is 5.97 Å². The van der Waals surface area contributed by atoms with Gasteiger partial charge in [-0.25, -0.2) is 9.78 Å². The summed E-state index contributed by atoms with van der Waals surface area (Å²) in [6.07, 6.45) is 3.55. The van der Waals surface area contributed by atoms with E-state index in [1.54, 1.807) is 12.4 Å². The molecule has 0 bridgehead atoms. The summed E-state index contributed by atoms with van der Waals surface area (Å²) < 4.78 is 6.85. The number of hydrogen-bond donors (Lipinski definition) is 1. The molecule has 0 amide bonds. The van der Waals surface area contributed by atoms with E-state index in [2.05, 4.69) is 16.4 Å². The standard InChI is InChI=1S/C18H18N3O2.Y/c1-11-7-5-6-8-15(11)20-16-13(3)17-19-9-12(2)21(17)10-14(16)18(22)23-4;/h6-10,20H,1-4H3;/q-1;. The van der Waals surface area contributed by atoms with Gasteiger partial charge in [0.05, 0.1) is 12.8 Å². The van der Waals surface area contributed by atoms with E-state index >= 15 is 0 Å². The van der Waals surface area contributed by atoms with Crippen molar-refractivity contribution in [2.24, 2.45) is 0 Å². The molecule has 2 heterocycles. The van der Waals surface area contributed by atoms with Crippen LogP contribution >= 0.6 is 0 Å². The number of fused-ring (bicyclic) bond motifs is 1. The summed E-state index contributed by atoms with van der Waals surface area (Å²) in [5.74, 6) is -0.384. The molecule has 1 radical (unpaired) electrons. The Morgan fingerprint density at radius 3 is 2.75 bits per heavy atom. The summed E-state index contributed by atoms with van der Waals surface area (Å²) >= 11 is 0. The number of aromatic nitrogens is 2. The van der Waals surface area contributed by atoms with E-state index in [1.807, 2.05) is 43.4 Å². The first-order chi connectivity index (χ1) is 11.0. The molecule has 5 nitrogen and oxygen atoms in total. The van der Waals surface area contributed by atoms with Gasteiger partial charge in [-0.05, 0) is 13.8 Å². The molecule has 24 heavy (non-hydrogen) atoms. The molecule has 0 saturated carbocycles. The fourth-order valence-corrected chi connectivity index (χ4v) is 2.61. The second kappa shape index (κ2) is 7.45. The number of aryl methyl sites for hydroxylation is 3. The third-order valence-corrected chi connectivity index (χ3v) is 3.96. The van der Waals surface area contributed by atoms with Gasteiger partial charge in [-0.2, -0.15) is 18.2 Å². The molecule has 3 aromatic rings. The van der Waals surface area contributed by atoms with Crippen molar-refractivity contribution in [3.8, 4) is 0 Å². The fraction of sp³-hybridized carbons (Fsp3) is 0.222. The summed E-state index contributed by atoms with van der Waals surface area (Å²) in [6.45, 7) is 5.88. The van der Waals surface area contributed by atoms with Crippen LogP contribution in [-0.4, -0.2) is 22.5 Å². The Bertz CT molecular complexity index is 903. The van der Waals surface area contributed by atoms with Gasteiger partial charge in [0.2, 0.25) is 0 Å². The average Bonchev–Trinajstić information content (AvgIpc) is 2.92. The van der Waals surface area contributed by atoms with Crippen molar-refractivity contribution < 1.29 is 42.2 Å². The van der Waals surface area contributed by atoms with Crippen LogP contribution in [0.25, 0.3) is 5.65 Å². The van der Waals surface area contributed by atoms with Crippen molar-refractivity contribution in [3.63, 3.8) is 0 Å². The Kier molecular flexibility index (Phi) is 5.78. The van der Waals surface area contributed by atoms with Crippen LogP contribution in [0.4, 0.5) is 11.4 Å². The van der Waals surface area contributed by atoms with E-state index in [4.69, 9.17) is 4.74 Å². The zero-order chi connectivity index (χ0) is 16.6. The minimum absolute atomic E-state index is 0. The predicted molar refractivity (Wildman–Crippen MR) is 89.3 cm³/mol. The molecule has 2 aromatic heterocycles. The number of nitrogens with zero attached hydrogens (tertiary/aromatic N) is 2. The van der Waals surface area contributed by atoms with Crippen molar-refractivity contribution in [2.45, 2.75) is 20.8 Å². The van der Waals surface area contributed by atoms with Crippen molar-refractivity contribution in [3.05, 3.63) is 59.0 Å². The number of methoxy groups -OCH3 is 1. The first-order valence-electron chi connectivity index (χ1n) is 7.32. The van der Waals surface area contributed by atoms with E-state index in [0.29, 0.717) is 11.3 Å². The summed E-state index contributed by atoms with van der Waals surface area (Å²) in [7, 11) is 1.38. The van der Waals surface area contributed by atoms with E-state index in [0.717, 1.165) is 28.2 Å². The number of carbonyl (C=O) groups is 1. The van der Waals surface area contributed by atoms with E-state index < -0.39 is 0 Å². The second-order valence-electron chi connectivity index (χ2n) is 5.49. The molecule has 0 atom stereocenters. The second-order valence-corrected chi connectivity index (χ2v) is 5.49. The number of esters is 1. The van der Waals surface area contributed by atoms with Crippen LogP contribution in [0.3, 0.4) is 0 Å². The van der Waals surface area contributed by atoms with Gasteiger partial charge in [-0.1, -0.05) is 12.6 Å². The topological polar surface area (TPSA) is 55.6 Å². The van der Waals surface area contributed by atoms with Crippen LogP contribution in [0, 0.1) is 26.8 Å². The maximum absolute atomic E-state index is 12.2. The molecule has 0 fully saturated rings. The Labute approximate surface area is 166 Å². The van der Waals surface area contributed by atoms with Gasteiger partial charge in [0, 0.05) is 56.4 Å². The van der Waals surface area contributed by atoms with Gasteiger partial charge in [0.1, 0.15) is 11.2 Å². The van der Waals surface area contributed by atoms with Crippen LogP contribution < -0.4 is 5.32 Å². The molecule has 0 unspecified atom stereocenters. The molecule has 3 rings (SSSR count). The minimum atomic E-state index is -0.384. The Hall–Kier alpha value is -1.72. The van der Waals surface area contributed by atoms with Crippen LogP contribution in [0.15, 0.2) is 30.6 Å². The minimum Gasteiger partial charge on any atom is -0.465 e. The molecule has 0 aliphatic carbocycles. The fourth-order valence-electron chi connectivity index (χ4n) is 2.61. The number of rotatable bonds is 3. The van der Waals surface area contributed by atoms with Gasteiger partial charge in [-0.3, -0.25) is 0 Å². The molecule has 0 aliphatic heterocycles. The largest absolute Gasteiger partial charge is 0.465 e. The molecule has 6 heteroatoms. The van der Waals surface area contributed by atoms with Crippen molar-refractivity contribution in [2.75, 3.05) is 12.4 Å². The summed E-state index contributed by atoms with van der Waals surface area (Å²) in [5.41, 5.74) is 5.83. The number of imidazole rings is 1. The third kappa shape index (κ3) is 3.24. The van der Waals surface area contributed by atoms with Crippen molar-refractivity contribution >= 4 is 23.0 Å². The molecule has 121 valence electrons. The average molecular weight is 397 g/mol. The summed E-state index contributed by atoms with van der Waals surface area (Å²) in [6, 6.07) is 8.69. The number of nitrogens with one attached hydrogen (secondary N) is 1. The van der Waals surface area contributed by atoms with Crippen LogP contribution in [0.5, 0.6) is 0 Å². The van der Waals surface area contributed by atoms with Gasteiger partial charge in [0.15, 0.2) is 0 Å². The van der Waals surface area contributed by atoms with Gasteiger partial charge in [-0.15, -0.1) is 11.6 Å². The van der Waals surface area contributed by atoms with Crippen LogP contribution in [-0.2, 0) is 37.4 Å². The Morgan fingerprint density at radius 1 is 1.33 bits per heavy atom. The number of pyridine rings is 1. The van der Waals surface area contributed by atoms with Gasteiger partial charge < -0.3 is 14.5 Å². The normalized spacial score (nSPS) is 10.3. The molecule has 1 aromatic carbocycles. The number of carbonyl (C=O) groups excluding carboxylic acids is 1. The monoisotopic (exact) mass is 397 g/mol. The quantitative estimate of drug-likeness (QED) is 0.542. The number of anilines is 2. The Morgan fingerprint density at radius 2 is 2.08 bits per heavy atom. The van der Waals surface area contributed by atoms with Crippen LogP contribution in [0.2, 0.25) is 0 Å². The summed E-state index contributed by atoms with van der Waals surface area (Å²) in [4.78, 5) is 16.7. The predicted octanol–water partition coefficient (Wildman–Crippen LogP) is 3.59. The molecular formula is C18H18N3O2Y-. The van der Waals surface area contributed by atoms with E-state index in [-0.39, 0.29) is 38.7 Å². The Balaban J connectivity index is 0.00000208. The van der Waals surface area contributed by atoms with E-state index in [9.17, 15) is 4.79 Å². The zero-order valence-corrected chi connectivity index (χ0v) is 17.0. The molecule has 0 aliphatic rings. The first-order valence-corrected chi connectivity index (χ1v) is 7.32. The van der Waals surface area contributed by atoms with E-state index in [1.165, 1.54) is 7.11 Å². The molecule has 1 N–H and O–H groups in total. The summed E-state index contributed by atoms with van der Waals surface area (Å²) in [5, 5.41) is 3.35. The number of ether oxygens (including phenoxy) is 1. The van der Waals surface area contributed by atoms with Crippen LogP contribution in [0.1, 0.15) is 27.2 Å². The maximum atomic E-state index is 12.2. The van der Waals surface area contributed by atoms with Gasteiger partial charge in [0.25, 0.3) is 0 Å². The van der Waals surface area contributed by atoms with Crippen molar-refractivity contribution in [1.82, 2.24) is 9.38 Å². The third-order valence-electron chi connectivity index (χ3n) is 3.96.